The van der Waals surface area contributed by atoms with Crippen molar-refractivity contribution in [3.05, 3.63) is 57.4 Å². The van der Waals surface area contributed by atoms with E-state index in [1.807, 2.05) is 0 Å². The van der Waals surface area contributed by atoms with Gasteiger partial charge in [-0.3, -0.25) is 0 Å². The monoisotopic (exact) mass is 369 g/mol. The molecule has 0 unspecified atom stereocenters. The molecule has 0 amide bonds. The minimum Gasteiger partial charge on any atom is -0.206 e. The first-order chi connectivity index (χ1) is 12.2. The minimum absolute atomic E-state index is 0.853. The summed E-state index contributed by atoms with van der Waals surface area (Å²) in [6.45, 7) is 0. The van der Waals surface area contributed by atoms with Crippen molar-refractivity contribution in [2.24, 2.45) is 0 Å². The fourth-order valence-corrected chi connectivity index (χ4v) is 2.23. The number of nitrogens with zero attached hydrogens (tertiary/aromatic N) is 3. The zero-order valence-corrected chi connectivity index (χ0v) is 12.2. The van der Waals surface area contributed by atoms with Crippen LogP contribution in [-0.2, 0) is 6.42 Å². The predicted molar refractivity (Wildman–Crippen MR) is 70.3 cm³/mol. The summed E-state index contributed by atoms with van der Waals surface area (Å²) >= 11 is 0. The molecular weight excluding hydrogens is 367 g/mol. The topological polar surface area (TPSA) is 71.4 Å². The van der Waals surface area contributed by atoms with Gasteiger partial charge >= 0.3 is 0 Å². The lowest BCUT2D eigenvalue weighted by Gasteiger charge is -2.14. The first-order valence-corrected chi connectivity index (χ1v) is 6.45. The van der Waals surface area contributed by atoms with Crippen LogP contribution in [0.1, 0.15) is 16.7 Å². The lowest BCUT2D eigenvalue weighted by atomic mass is 9.93. The number of nitriles is 3. The summed E-state index contributed by atoms with van der Waals surface area (Å²) < 4.78 is 98.0. The highest BCUT2D eigenvalue weighted by Gasteiger charge is 2.33. The maximum Gasteiger partial charge on any atom is 0.180 e. The highest BCUT2D eigenvalue weighted by Crippen LogP contribution is 2.38. The molecule has 0 saturated heterocycles. The maximum absolute atomic E-state index is 14.5. The van der Waals surface area contributed by atoms with Crippen molar-refractivity contribution in [3.63, 3.8) is 0 Å². The maximum atomic E-state index is 14.5. The molecule has 2 rings (SSSR count). The van der Waals surface area contributed by atoms with Gasteiger partial charge in [0.1, 0.15) is 29.1 Å². The molecule has 0 saturated carbocycles. The van der Waals surface area contributed by atoms with Crippen molar-refractivity contribution in [1.29, 1.82) is 15.8 Å². The molecule has 0 N–H and O–H groups in total. The summed E-state index contributed by atoms with van der Waals surface area (Å²) in [5.41, 5.74) is -7.96. The van der Waals surface area contributed by atoms with E-state index in [0.717, 1.165) is 12.1 Å². The van der Waals surface area contributed by atoms with Crippen molar-refractivity contribution in [2.75, 3.05) is 0 Å². The number of halogens is 7. The summed E-state index contributed by atoms with van der Waals surface area (Å²) in [7, 11) is 0. The number of benzene rings is 2. The Bertz CT molecular complexity index is 1040. The van der Waals surface area contributed by atoms with E-state index in [-0.39, 0.29) is 0 Å². The second kappa shape index (κ2) is 6.73. The summed E-state index contributed by atoms with van der Waals surface area (Å²) in [5, 5.41) is 25.9. The van der Waals surface area contributed by atoms with Gasteiger partial charge in [-0.1, -0.05) is 0 Å². The minimum atomic E-state index is -2.29. The zero-order valence-electron chi connectivity index (χ0n) is 12.2. The van der Waals surface area contributed by atoms with Gasteiger partial charge in [0.2, 0.25) is 0 Å². The fourth-order valence-electron chi connectivity index (χ4n) is 2.23. The SMILES string of the molecule is N#CCc1c(F)c(F)c(C#N)c(-c2c(F)c(F)c(C#N)c(F)c2F)c1F. The van der Waals surface area contributed by atoms with E-state index >= 15 is 0 Å². The van der Waals surface area contributed by atoms with Gasteiger partial charge < -0.3 is 0 Å². The fraction of sp³-hybridized carbons (Fsp3) is 0.0625. The van der Waals surface area contributed by atoms with Crippen LogP contribution in [-0.4, -0.2) is 0 Å². The molecule has 3 nitrogen and oxygen atoms in total. The molecule has 0 spiro atoms. The van der Waals surface area contributed by atoms with Crippen LogP contribution < -0.4 is 0 Å². The van der Waals surface area contributed by atoms with E-state index in [4.69, 9.17) is 15.8 Å². The molecule has 0 aliphatic rings. The lowest BCUT2D eigenvalue weighted by molar-refractivity contribution is 0.451. The standard InChI is InChI=1S/C16H2F7N3/c17-10-5(1-2-24)11(18)12(19)6(3-25)8(10)9-15(22)13(20)7(4-26)14(21)16(9)23/h1H2. The van der Waals surface area contributed by atoms with E-state index in [2.05, 4.69) is 0 Å². The van der Waals surface area contributed by atoms with Gasteiger partial charge in [0, 0.05) is 11.1 Å². The zero-order chi connectivity index (χ0) is 19.8. The Kier molecular flexibility index (Phi) is 4.86. The Hall–Kier alpha value is -3.58. The molecule has 2 aromatic carbocycles. The Balaban J connectivity index is 3.12. The Morgan fingerprint density at radius 3 is 1.42 bits per heavy atom. The van der Waals surface area contributed by atoms with Crippen LogP contribution in [0.5, 0.6) is 0 Å². The highest BCUT2D eigenvalue weighted by molar-refractivity contribution is 5.74. The van der Waals surface area contributed by atoms with Crippen LogP contribution in [0, 0.1) is 74.7 Å². The first kappa shape index (κ1) is 18.8. The van der Waals surface area contributed by atoms with E-state index in [1.165, 1.54) is 6.07 Å². The average Bonchev–Trinajstić information content (AvgIpc) is 2.62. The largest absolute Gasteiger partial charge is 0.206 e. The van der Waals surface area contributed by atoms with Gasteiger partial charge in [0.25, 0.3) is 0 Å². The van der Waals surface area contributed by atoms with Crippen molar-refractivity contribution in [3.8, 4) is 29.3 Å². The lowest BCUT2D eigenvalue weighted by Crippen LogP contribution is -2.10. The summed E-state index contributed by atoms with van der Waals surface area (Å²) in [6.07, 6.45) is -1.10. The molecule has 26 heavy (non-hydrogen) atoms. The molecule has 0 aliphatic carbocycles. The summed E-state index contributed by atoms with van der Waals surface area (Å²) in [6, 6.07) is 3.08. The molecule has 130 valence electrons. The predicted octanol–water partition coefficient (Wildman–Crippen LogP) is 4.14. The molecule has 0 radical (unpaired) electrons. The van der Waals surface area contributed by atoms with Crippen molar-refractivity contribution < 1.29 is 30.7 Å². The third-order valence-corrected chi connectivity index (χ3v) is 3.40. The molecular formula is C16H2F7N3. The van der Waals surface area contributed by atoms with Crippen LogP contribution >= 0.6 is 0 Å². The molecule has 0 aromatic heterocycles. The molecule has 10 heteroatoms. The van der Waals surface area contributed by atoms with Crippen LogP contribution in [0.4, 0.5) is 30.7 Å². The van der Waals surface area contributed by atoms with Crippen molar-refractivity contribution >= 4 is 0 Å². The van der Waals surface area contributed by atoms with Crippen molar-refractivity contribution in [2.45, 2.75) is 6.42 Å². The van der Waals surface area contributed by atoms with Crippen LogP contribution in [0.2, 0.25) is 0 Å². The van der Waals surface area contributed by atoms with E-state index < -0.39 is 75.0 Å². The van der Waals surface area contributed by atoms with Gasteiger partial charge in [-0.05, 0) is 0 Å². The third-order valence-electron chi connectivity index (χ3n) is 3.40. The second-order valence-corrected chi connectivity index (χ2v) is 4.73. The quantitative estimate of drug-likeness (QED) is 0.590. The van der Waals surface area contributed by atoms with Gasteiger partial charge in [0.15, 0.2) is 34.9 Å². The first-order valence-electron chi connectivity index (χ1n) is 6.45. The van der Waals surface area contributed by atoms with Gasteiger partial charge in [-0.25, -0.2) is 30.7 Å². The molecule has 2 aromatic rings. The van der Waals surface area contributed by atoms with Gasteiger partial charge in [-0.15, -0.1) is 0 Å². The average molecular weight is 369 g/mol. The molecule has 0 aliphatic heterocycles. The second-order valence-electron chi connectivity index (χ2n) is 4.73. The number of hydrogen-bond acceptors (Lipinski definition) is 3. The van der Waals surface area contributed by atoms with E-state index in [1.54, 1.807) is 0 Å². The summed E-state index contributed by atoms with van der Waals surface area (Å²) in [5.74, 6) is -15.0. The van der Waals surface area contributed by atoms with Gasteiger partial charge in [0.05, 0.1) is 18.1 Å². The van der Waals surface area contributed by atoms with E-state index in [0.29, 0.717) is 0 Å². The normalized spacial score (nSPS) is 10.2. The molecule has 0 atom stereocenters. The van der Waals surface area contributed by atoms with E-state index in [9.17, 15) is 30.7 Å². The van der Waals surface area contributed by atoms with Crippen LogP contribution in [0.15, 0.2) is 0 Å². The van der Waals surface area contributed by atoms with Crippen molar-refractivity contribution in [1.82, 2.24) is 0 Å². The molecule has 0 heterocycles. The van der Waals surface area contributed by atoms with Gasteiger partial charge in [-0.2, -0.15) is 15.8 Å². The highest BCUT2D eigenvalue weighted by atomic mass is 19.2. The molecule has 0 bridgehead atoms. The van der Waals surface area contributed by atoms with Crippen LogP contribution in [0.25, 0.3) is 11.1 Å². The molecule has 0 fully saturated rings. The Labute approximate surface area is 140 Å². The Morgan fingerprint density at radius 1 is 0.538 bits per heavy atom. The summed E-state index contributed by atoms with van der Waals surface area (Å²) in [4.78, 5) is 0. The number of rotatable bonds is 2. The third kappa shape index (κ3) is 2.51. The number of hydrogen-bond donors (Lipinski definition) is 0. The van der Waals surface area contributed by atoms with Crippen LogP contribution in [0.3, 0.4) is 0 Å². The smallest absolute Gasteiger partial charge is 0.180 e. The Morgan fingerprint density at radius 2 is 1.00 bits per heavy atom.